The molecule has 3 nitrogen and oxygen atoms in total. The van der Waals surface area contributed by atoms with E-state index in [1.54, 1.807) is 0 Å². The highest BCUT2D eigenvalue weighted by molar-refractivity contribution is 5.18. The standard InChI is InChI=1S/C14H23N3/c1-10-9-12(14(2,3)4)17-13(16-10)11-5-7-15-8-6-11/h9,11,15H,5-8H2,1-4H3. The third-order valence-electron chi connectivity index (χ3n) is 3.34. The van der Waals surface area contributed by atoms with Gasteiger partial charge in [-0.2, -0.15) is 0 Å². The molecule has 0 saturated carbocycles. The van der Waals surface area contributed by atoms with Gasteiger partial charge >= 0.3 is 0 Å². The zero-order chi connectivity index (χ0) is 12.5. The predicted octanol–water partition coefficient (Wildman–Crippen LogP) is 2.55. The zero-order valence-electron chi connectivity index (χ0n) is 11.4. The van der Waals surface area contributed by atoms with Crippen LogP contribution >= 0.6 is 0 Å². The van der Waals surface area contributed by atoms with E-state index in [0.717, 1.165) is 37.4 Å². The van der Waals surface area contributed by atoms with Gasteiger partial charge in [0.05, 0.1) is 0 Å². The van der Waals surface area contributed by atoms with Crippen LogP contribution in [-0.4, -0.2) is 23.1 Å². The van der Waals surface area contributed by atoms with Gasteiger partial charge in [0.25, 0.3) is 0 Å². The van der Waals surface area contributed by atoms with Gasteiger partial charge < -0.3 is 5.32 Å². The van der Waals surface area contributed by atoms with Crippen LogP contribution in [0.4, 0.5) is 0 Å². The molecular formula is C14H23N3. The van der Waals surface area contributed by atoms with E-state index in [9.17, 15) is 0 Å². The summed E-state index contributed by atoms with van der Waals surface area (Å²) in [5.41, 5.74) is 2.37. The average Bonchev–Trinajstić information content (AvgIpc) is 2.28. The van der Waals surface area contributed by atoms with E-state index in [4.69, 9.17) is 4.98 Å². The Labute approximate surface area is 104 Å². The Bertz CT molecular complexity index is 387. The lowest BCUT2D eigenvalue weighted by atomic mass is 9.90. The summed E-state index contributed by atoms with van der Waals surface area (Å²) in [6, 6.07) is 2.12. The molecule has 17 heavy (non-hydrogen) atoms. The Morgan fingerprint density at radius 2 is 1.82 bits per heavy atom. The van der Waals surface area contributed by atoms with Gasteiger partial charge in [0, 0.05) is 22.7 Å². The van der Waals surface area contributed by atoms with Crippen molar-refractivity contribution >= 4 is 0 Å². The van der Waals surface area contributed by atoms with Crippen LogP contribution in [0, 0.1) is 6.92 Å². The van der Waals surface area contributed by atoms with Crippen molar-refractivity contribution in [1.82, 2.24) is 15.3 Å². The molecule has 0 atom stereocenters. The molecule has 2 rings (SSSR count). The number of aromatic nitrogens is 2. The quantitative estimate of drug-likeness (QED) is 0.810. The van der Waals surface area contributed by atoms with Crippen LogP contribution in [0.25, 0.3) is 0 Å². The normalized spacial score (nSPS) is 18.4. The average molecular weight is 233 g/mol. The molecule has 1 saturated heterocycles. The smallest absolute Gasteiger partial charge is 0.132 e. The summed E-state index contributed by atoms with van der Waals surface area (Å²) in [5.74, 6) is 1.59. The number of piperidine rings is 1. The molecule has 0 aliphatic carbocycles. The Morgan fingerprint density at radius 1 is 1.18 bits per heavy atom. The highest BCUT2D eigenvalue weighted by Crippen LogP contribution is 2.26. The third kappa shape index (κ3) is 3.03. The highest BCUT2D eigenvalue weighted by Gasteiger charge is 2.22. The van der Waals surface area contributed by atoms with Crippen molar-refractivity contribution < 1.29 is 0 Å². The van der Waals surface area contributed by atoms with Gasteiger partial charge in [0.2, 0.25) is 0 Å². The van der Waals surface area contributed by atoms with Crippen molar-refractivity contribution in [3.63, 3.8) is 0 Å². The first-order valence-corrected chi connectivity index (χ1v) is 6.53. The largest absolute Gasteiger partial charge is 0.317 e. The van der Waals surface area contributed by atoms with Gasteiger partial charge in [-0.1, -0.05) is 20.8 Å². The number of nitrogens with one attached hydrogen (secondary N) is 1. The molecule has 0 aromatic carbocycles. The molecule has 0 amide bonds. The summed E-state index contributed by atoms with van der Waals surface area (Å²) < 4.78 is 0. The van der Waals surface area contributed by atoms with Crippen LogP contribution in [0.15, 0.2) is 6.07 Å². The molecule has 94 valence electrons. The molecule has 0 unspecified atom stereocenters. The molecular weight excluding hydrogens is 210 g/mol. The Morgan fingerprint density at radius 3 is 2.41 bits per heavy atom. The molecule has 3 heteroatoms. The Balaban J connectivity index is 2.31. The van der Waals surface area contributed by atoms with Crippen LogP contribution in [0.3, 0.4) is 0 Å². The van der Waals surface area contributed by atoms with Crippen molar-refractivity contribution in [2.75, 3.05) is 13.1 Å². The van der Waals surface area contributed by atoms with E-state index in [2.05, 4.69) is 44.1 Å². The summed E-state index contributed by atoms with van der Waals surface area (Å²) in [5, 5.41) is 3.39. The number of hydrogen-bond donors (Lipinski definition) is 1. The first kappa shape index (κ1) is 12.5. The second-order valence-electron chi connectivity index (χ2n) is 6.03. The SMILES string of the molecule is Cc1cc(C(C)(C)C)nc(C2CCNCC2)n1. The minimum atomic E-state index is 0.107. The lowest BCUT2D eigenvalue weighted by molar-refractivity contribution is 0.439. The van der Waals surface area contributed by atoms with E-state index < -0.39 is 0 Å². The summed E-state index contributed by atoms with van der Waals surface area (Å²) >= 11 is 0. The number of aryl methyl sites for hydroxylation is 1. The maximum atomic E-state index is 4.79. The molecule has 1 fully saturated rings. The van der Waals surface area contributed by atoms with Gasteiger partial charge in [0.1, 0.15) is 5.82 Å². The van der Waals surface area contributed by atoms with Gasteiger partial charge in [-0.05, 0) is 38.9 Å². The van der Waals surface area contributed by atoms with Gasteiger partial charge in [0.15, 0.2) is 0 Å². The van der Waals surface area contributed by atoms with Crippen LogP contribution < -0.4 is 5.32 Å². The van der Waals surface area contributed by atoms with Crippen LogP contribution in [0.1, 0.15) is 56.7 Å². The summed E-state index contributed by atoms with van der Waals surface area (Å²) in [6.45, 7) is 10.9. The van der Waals surface area contributed by atoms with Crippen molar-refractivity contribution in [3.05, 3.63) is 23.3 Å². The molecule has 1 aliphatic heterocycles. The lowest BCUT2D eigenvalue weighted by Crippen LogP contribution is -2.28. The molecule has 1 N–H and O–H groups in total. The number of hydrogen-bond acceptors (Lipinski definition) is 3. The van der Waals surface area contributed by atoms with Crippen molar-refractivity contribution in [2.45, 2.75) is 51.9 Å². The molecule has 0 bridgehead atoms. The van der Waals surface area contributed by atoms with Gasteiger partial charge in [-0.25, -0.2) is 9.97 Å². The Hall–Kier alpha value is -0.960. The van der Waals surface area contributed by atoms with Crippen molar-refractivity contribution in [1.29, 1.82) is 0 Å². The molecule has 2 heterocycles. The second kappa shape index (κ2) is 4.73. The van der Waals surface area contributed by atoms with E-state index in [-0.39, 0.29) is 5.41 Å². The minimum Gasteiger partial charge on any atom is -0.317 e. The molecule has 1 aromatic heterocycles. The van der Waals surface area contributed by atoms with Gasteiger partial charge in [-0.15, -0.1) is 0 Å². The highest BCUT2D eigenvalue weighted by atomic mass is 14.9. The first-order valence-electron chi connectivity index (χ1n) is 6.53. The van der Waals surface area contributed by atoms with Crippen LogP contribution in [0.5, 0.6) is 0 Å². The molecule has 1 aromatic rings. The summed E-state index contributed by atoms with van der Waals surface area (Å²) in [4.78, 5) is 9.42. The van der Waals surface area contributed by atoms with Crippen LogP contribution in [0.2, 0.25) is 0 Å². The maximum Gasteiger partial charge on any atom is 0.132 e. The van der Waals surface area contributed by atoms with Crippen LogP contribution in [-0.2, 0) is 5.41 Å². The third-order valence-corrected chi connectivity index (χ3v) is 3.34. The summed E-state index contributed by atoms with van der Waals surface area (Å²) in [7, 11) is 0. The lowest BCUT2D eigenvalue weighted by Gasteiger charge is -2.24. The van der Waals surface area contributed by atoms with E-state index in [0.29, 0.717) is 5.92 Å². The summed E-state index contributed by atoms with van der Waals surface area (Å²) in [6.07, 6.45) is 2.32. The van der Waals surface area contributed by atoms with E-state index in [1.165, 1.54) is 5.69 Å². The molecule has 1 aliphatic rings. The first-order chi connectivity index (χ1) is 7.97. The number of nitrogens with zero attached hydrogens (tertiary/aromatic N) is 2. The number of rotatable bonds is 1. The van der Waals surface area contributed by atoms with Crippen molar-refractivity contribution in [3.8, 4) is 0 Å². The molecule has 0 radical (unpaired) electrons. The minimum absolute atomic E-state index is 0.107. The Kier molecular flexibility index (Phi) is 3.48. The fourth-order valence-electron chi connectivity index (χ4n) is 2.24. The monoisotopic (exact) mass is 233 g/mol. The second-order valence-corrected chi connectivity index (χ2v) is 6.03. The van der Waals surface area contributed by atoms with E-state index >= 15 is 0 Å². The predicted molar refractivity (Wildman–Crippen MR) is 70.3 cm³/mol. The fraction of sp³-hybridized carbons (Fsp3) is 0.714. The zero-order valence-corrected chi connectivity index (χ0v) is 11.4. The van der Waals surface area contributed by atoms with Gasteiger partial charge in [-0.3, -0.25) is 0 Å². The maximum absolute atomic E-state index is 4.79. The fourth-order valence-corrected chi connectivity index (χ4v) is 2.24. The molecule has 0 spiro atoms. The van der Waals surface area contributed by atoms with Crippen molar-refractivity contribution in [2.24, 2.45) is 0 Å². The van der Waals surface area contributed by atoms with E-state index in [1.807, 2.05) is 0 Å². The topological polar surface area (TPSA) is 37.8 Å².